The maximum absolute atomic E-state index is 12.4. The molecule has 0 aromatic heterocycles. The van der Waals surface area contributed by atoms with Crippen molar-refractivity contribution in [2.75, 3.05) is 26.2 Å². The number of hydrogen-bond donors (Lipinski definition) is 1. The van der Waals surface area contributed by atoms with Gasteiger partial charge in [0.05, 0.1) is 13.1 Å². The highest BCUT2D eigenvalue weighted by Crippen LogP contribution is 2.46. The van der Waals surface area contributed by atoms with Crippen LogP contribution in [0.15, 0.2) is 24.3 Å². The lowest BCUT2D eigenvalue weighted by molar-refractivity contribution is -0.659. The highest BCUT2D eigenvalue weighted by Gasteiger charge is 2.44. The van der Waals surface area contributed by atoms with Gasteiger partial charge in [0.25, 0.3) is 0 Å². The molecular weight excluding hydrogens is 332 g/mol. The highest BCUT2D eigenvalue weighted by molar-refractivity contribution is 5.98. The van der Waals surface area contributed by atoms with Gasteiger partial charge in [-0.1, -0.05) is 25.0 Å². The van der Waals surface area contributed by atoms with E-state index in [0.717, 1.165) is 43.7 Å². The number of amides is 2. The summed E-state index contributed by atoms with van der Waals surface area (Å²) in [6.07, 6.45) is 5.46. The van der Waals surface area contributed by atoms with Crippen molar-refractivity contribution in [3.63, 3.8) is 0 Å². The van der Waals surface area contributed by atoms with Gasteiger partial charge in [-0.15, -0.1) is 0 Å². The van der Waals surface area contributed by atoms with Crippen LogP contribution in [0.4, 0.5) is 0 Å². The van der Waals surface area contributed by atoms with Crippen LogP contribution in [0.5, 0.6) is 11.5 Å². The molecule has 6 heteroatoms. The first kappa shape index (κ1) is 17.3. The zero-order valence-electron chi connectivity index (χ0n) is 15.1. The number of carbonyl (C=O) groups excluding carboxylic acids is 2. The van der Waals surface area contributed by atoms with E-state index in [4.69, 9.17) is 9.47 Å². The van der Waals surface area contributed by atoms with Crippen LogP contribution in [0.3, 0.4) is 0 Å². The fourth-order valence-electron chi connectivity index (χ4n) is 4.47. The first-order valence-corrected chi connectivity index (χ1v) is 9.69. The van der Waals surface area contributed by atoms with Gasteiger partial charge in [-0.25, -0.2) is 0 Å². The van der Waals surface area contributed by atoms with Crippen molar-refractivity contribution >= 4 is 11.8 Å². The Morgan fingerprint density at radius 2 is 1.77 bits per heavy atom. The minimum atomic E-state index is -0.0188. The molecule has 2 heterocycles. The van der Waals surface area contributed by atoms with Gasteiger partial charge < -0.3 is 14.8 Å². The van der Waals surface area contributed by atoms with Gasteiger partial charge >= 0.3 is 0 Å². The number of imide groups is 1. The Morgan fingerprint density at radius 1 is 1.08 bits per heavy atom. The first-order chi connectivity index (χ1) is 12.7. The molecule has 1 aromatic rings. The summed E-state index contributed by atoms with van der Waals surface area (Å²) in [5.41, 5.74) is -0.0188. The van der Waals surface area contributed by atoms with Crippen molar-refractivity contribution < 1.29 is 24.4 Å². The minimum Gasteiger partial charge on any atom is -0.486 e. The second kappa shape index (κ2) is 7.27. The fraction of sp³-hybridized carbons (Fsp3) is 0.600. The second-order valence-electron chi connectivity index (χ2n) is 7.81. The monoisotopic (exact) mass is 359 g/mol. The highest BCUT2D eigenvalue weighted by atomic mass is 16.6. The standard InChI is InChI=1S/C20H26N2O4/c23-18-11-20(7-3-4-8-20)12-19(24)22(18)10-9-21-13-15-14-25-16-5-1-2-6-17(16)26-15/h1-2,5-6,15,21H,3-4,7-14H2/p+1/t15-/m1/s1. The third-order valence-corrected chi connectivity index (χ3v) is 5.87. The molecule has 2 amide bonds. The average molecular weight is 359 g/mol. The summed E-state index contributed by atoms with van der Waals surface area (Å²) >= 11 is 0. The number of para-hydroxylation sites is 2. The molecule has 2 N–H and O–H groups in total. The number of ether oxygens (including phenoxy) is 2. The average Bonchev–Trinajstić information content (AvgIpc) is 3.07. The molecule has 0 unspecified atom stereocenters. The first-order valence-electron chi connectivity index (χ1n) is 9.69. The van der Waals surface area contributed by atoms with Gasteiger partial charge in [-0.05, 0) is 30.4 Å². The van der Waals surface area contributed by atoms with Crippen molar-refractivity contribution in [2.24, 2.45) is 5.41 Å². The predicted octanol–water partition coefficient (Wildman–Crippen LogP) is 1.10. The van der Waals surface area contributed by atoms with Crippen LogP contribution >= 0.6 is 0 Å². The zero-order chi connectivity index (χ0) is 18.0. The van der Waals surface area contributed by atoms with E-state index in [2.05, 4.69) is 5.32 Å². The maximum atomic E-state index is 12.4. The molecule has 1 aliphatic carbocycles. The second-order valence-corrected chi connectivity index (χ2v) is 7.81. The number of rotatable bonds is 5. The number of piperidine rings is 1. The molecular formula is C20H27N2O4+. The van der Waals surface area contributed by atoms with Crippen molar-refractivity contribution in [1.29, 1.82) is 0 Å². The van der Waals surface area contributed by atoms with Crippen LogP contribution < -0.4 is 14.8 Å². The molecule has 1 saturated heterocycles. The smallest absolute Gasteiger partial charge is 0.229 e. The van der Waals surface area contributed by atoms with Crippen LogP contribution in [-0.4, -0.2) is 49.1 Å². The van der Waals surface area contributed by atoms with E-state index in [1.54, 1.807) is 0 Å². The number of nitrogens with two attached hydrogens (primary N) is 1. The number of likely N-dealkylation sites (tertiary alicyclic amines) is 1. The number of fused-ring (bicyclic) bond motifs is 1. The van der Waals surface area contributed by atoms with Crippen molar-refractivity contribution in [1.82, 2.24) is 4.90 Å². The van der Waals surface area contributed by atoms with E-state index in [1.807, 2.05) is 24.3 Å². The molecule has 1 aromatic carbocycles. The lowest BCUT2D eigenvalue weighted by Crippen LogP contribution is -2.88. The van der Waals surface area contributed by atoms with Crippen LogP contribution in [0.2, 0.25) is 0 Å². The van der Waals surface area contributed by atoms with Crippen molar-refractivity contribution in [2.45, 2.75) is 44.6 Å². The van der Waals surface area contributed by atoms with Crippen LogP contribution in [0.1, 0.15) is 38.5 Å². The van der Waals surface area contributed by atoms with Gasteiger partial charge in [0.2, 0.25) is 11.8 Å². The largest absolute Gasteiger partial charge is 0.486 e. The van der Waals surface area contributed by atoms with E-state index in [0.29, 0.717) is 32.5 Å². The third-order valence-electron chi connectivity index (χ3n) is 5.87. The molecule has 2 aliphatic heterocycles. The van der Waals surface area contributed by atoms with Gasteiger partial charge in [-0.2, -0.15) is 0 Å². The van der Waals surface area contributed by atoms with Gasteiger partial charge in [0.1, 0.15) is 13.2 Å². The van der Waals surface area contributed by atoms with Crippen LogP contribution in [0.25, 0.3) is 0 Å². The number of nitrogens with zero attached hydrogens (tertiary/aromatic N) is 1. The van der Waals surface area contributed by atoms with Gasteiger partial charge in [0.15, 0.2) is 17.6 Å². The summed E-state index contributed by atoms with van der Waals surface area (Å²) in [6.45, 7) is 2.45. The summed E-state index contributed by atoms with van der Waals surface area (Å²) in [7, 11) is 0. The Labute approximate surface area is 153 Å². The van der Waals surface area contributed by atoms with E-state index in [1.165, 1.54) is 4.90 Å². The topological polar surface area (TPSA) is 72.5 Å². The number of carbonyl (C=O) groups is 2. The molecule has 3 aliphatic rings. The Hall–Kier alpha value is -2.08. The van der Waals surface area contributed by atoms with Gasteiger partial charge in [-0.3, -0.25) is 14.5 Å². The van der Waals surface area contributed by atoms with Gasteiger partial charge in [0, 0.05) is 12.8 Å². The van der Waals surface area contributed by atoms with Crippen molar-refractivity contribution in [3.05, 3.63) is 24.3 Å². The number of quaternary nitrogens is 1. The molecule has 6 nitrogen and oxygen atoms in total. The summed E-state index contributed by atoms with van der Waals surface area (Å²) in [5, 5.41) is 2.10. The molecule has 1 spiro atoms. The third kappa shape index (κ3) is 3.56. The maximum Gasteiger partial charge on any atom is 0.229 e. The fourth-order valence-corrected chi connectivity index (χ4v) is 4.47. The van der Waals surface area contributed by atoms with E-state index < -0.39 is 0 Å². The predicted molar refractivity (Wildman–Crippen MR) is 94.9 cm³/mol. The summed E-state index contributed by atoms with van der Waals surface area (Å²) < 4.78 is 11.6. The molecule has 0 radical (unpaired) electrons. The zero-order valence-corrected chi connectivity index (χ0v) is 15.1. The summed E-state index contributed by atoms with van der Waals surface area (Å²) in [6, 6.07) is 7.67. The Kier molecular flexibility index (Phi) is 4.85. The molecule has 2 fully saturated rings. The molecule has 0 bridgehead atoms. The molecule has 1 saturated carbocycles. The van der Waals surface area contributed by atoms with Crippen LogP contribution in [-0.2, 0) is 9.59 Å². The van der Waals surface area contributed by atoms with E-state index in [9.17, 15) is 9.59 Å². The Bertz CT molecular complexity index is 664. The minimum absolute atomic E-state index is 0.0144. The Morgan fingerprint density at radius 3 is 2.50 bits per heavy atom. The van der Waals surface area contributed by atoms with Crippen LogP contribution in [0, 0.1) is 5.41 Å². The van der Waals surface area contributed by atoms with E-state index >= 15 is 0 Å². The number of benzene rings is 1. The lowest BCUT2D eigenvalue weighted by atomic mass is 9.76. The molecule has 1 atom stereocenters. The number of hydrogen-bond acceptors (Lipinski definition) is 4. The Balaban J connectivity index is 1.22. The summed E-state index contributed by atoms with van der Waals surface area (Å²) in [5.74, 6) is 1.60. The van der Waals surface area contributed by atoms with E-state index in [-0.39, 0.29) is 23.3 Å². The normalized spacial score (nSPS) is 24.3. The lowest BCUT2D eigenvalue weighted by Gasteiger charge is -2.37. The molecule has 140 valence electrons. The molecule has 26 heavy (non-hydrogen) atoms. The SMILES string of the molecule is O=C1CC2(CCCC2)CC(=O)N1CC[NH2+]C[C@@H]1COc2ccccc2O1. The summed E-state index contributed by atoms with van der Waals surface area (Å²) in [4.78, 5) is 26.4. The quantitative estimate of drug-likeness (QED) is 0.631. The molecule has 4 rings (SSSR count). The van der Waals surface area contributed by atoms with Crippen molar-refractivity contribution in [3.8, 4) is 11.5 Å².